The molecule has 5 nitrogen and oxygen atoms in total. The maximum absolute atomic E-state index is 12.5. The molecule has 3 rings (SSSR count). The largest absolute Gasteiger partial charge is 0.462 e. The lowest BCUT2D eigenvalue weighted by Crippen LogP contribution is -2.37. The Hall–Kier alpha value is -2.47. The highest BCUT2D eigenvalue weighted by Crippen LogP contribution is 2.34. The average molecular weight is 356 g/mol. The van der Waals surface area contributed by atoms with E-state index >= 15 is 0 Å². The fraction of sp³-hybridized carbons (Fsp3) is 0.263. The quantitative estimate of drug-likeness (QED) is 0.832. The van der Waals surface area contributed by atoms with Gasteiger partial charge < -0.3 is 15.0 Å². The highest BCUT2D eigenvalue weighted by molar-refractivity contribution is 7.99. The molecule has 6 heteroatoms. The van der Waals surface area contributed by atoms with Crippen molar-refractivity contribution in [1.29, 1.82) is 0 Å². The van der Waals surface area contributed by atoms with Crippen LogP contribution < -0.4 is 10.2 Å². The number of nitrogens with one attached hydrogen (secondary N) is 1. The summed E-state index contributed by atoms with van der Waals surface area (Å²) in [6.07, 6.45) is 0. The van der Waals surface area contributed by atoms with Gasteiger partial charge >= 0.3 is 5.97 Å². The molecule has 25 heavy (non-hydrogen) atoms. The Bertz CT molecular complexity index is 779. The summed E-state index contributed by atoms with van der Waals surface area (Å²) < 4.78 is 5.04. The SMILES string of the molecule is CCOC(=O)c1ccccc1NC(=O)CN1CCSc2ccccc21. The van der Waals surface area contributed by atoms with Crippen molar-refractivity contribution < 1.29 is 14.3 Å². The molecule has 1 heterocycles. The first kappa shape index (κ1) is 17.4. The fourth-order valence-corrected chi connectivity index (χ4v) is 3.78. The molecule has 0 fully saturated rings. The van der Waals surface area contributed by atoms with Gasteiger partial charge in [0.1, 0.15) is 0 Å². The molecule has 0 aromatic heterocycles. The van der Waals surface area contributed by atoms with Crippen molar-refractivity contribution in [1.82, 2.24) is 0 Å². The van der Waals surface area contributed by atoms with Crippen LogP contribution in [0.5, 0.6) is 0 Å². The van der Waals surface area contributed by atoms with Crippen LogP contribution in [0.15, 0.2) is 53.4 Å². The zero-order valence-corrected chi connectivity index (χ0v) is 14.8. The van der Waals surface area contributed by atoms with E-state index in [-0.39, 0.29) is 12.5 Å². The zero-order valence-electron chi connectivity index (χ0n) is 14.0. The van der Waals surface area contributed by atoms with E-state index in [9.17, 15) is 9.59 Å². The Morgan fingerprint density at radius 1 is 1.16 bits per heavy atom. The molecule has 0 atom stereocenters. The molecular formula is C19H20N2O3S. The lowest BCUT2D eigenvalue weighted by atomic mass is 10.1. The van der Waals surface area contributed by atoms with E-state index in [4.69, 9.17) is 4.74 Å². The van der Waals surface area contributed by atoms with Crippen LogP contribution in [0.3, 0.4) is 0 Å². The molecule has 1 aliphatic heterocycles. The van der Waals surface area contributed by atoms with Gasteiger partial charge in [0.15, 0.2) is 0 Å². The number of anilines is 2. The van der Waals surface area contributed by atoms with E-state index in [0.717, 1.165) is 18.0 Å². The molecule has 2 aromatic rings. The first-order valence-corrected chi connectivity index (χ1v) is 9.20. The average Bonchev–Trinajstić information content (AvgIpc) is 2.62. The third kappa shape index (κ3) is 4.14. The predicted molar refractivity (Wildman–Crippen MR) is 100 cm³/mol. The number of fused-ring (bicyclic) bond motifs is 1. The second-order valence-corrected chi connectivity index (χ2v) is 6.69. The lowest BCUT2D eigenvalue weighted by Gasteiger charge is -2.30. The van der Waals surface area contributed by atoms with Crippen LogP contribution in [0.1, 0.15) is 17.3 Å². The smallest absolute Gasteiger partial charge is 0.340 e. The number of rotatable bonds is 5. The van der Waals surface area contributed by atoms with Gasteiger partial charge in [0.2, 0.25) is 5.91 Å². The van der Waals surface area contributed by atoms with Gasteiger partial charge in [-0.15, -0.1) is 11.8 Å². The predicted octanol–water partition coefficient (Wildman–Crippen LogP) is 3.41. The van der Waals surface area contributed by atoms with Gasteiger partial charge in [0.05, 0.1) is 30.1 Å². The minimum Gasteiger partial charge on any atom is -0.462 e. The van der Waals surface area contributed by atoms with Gasteiger partial charge in [0, 0.05) is 17.2 Å². The maximum atomic E-state index is 12.5. The molecule has 0 saturated heterocycles. The second-order valence-electron chi connectivity index (χ2n) is 5.55. The maximum Gasteiger partial charge on any atom is 0.340 e. The van der Waals surface area contributed by atoms with Crippen molar-refractivity contribution in [3.63, 3.8) is 0 Å². The first-order valence-electron chi connectivity index (χ1n) is 8.22. The van der Waals surface area contributed by atoms with Crippen molar-refractivity contribution in [2.45, 2.75) is 11.8 Å². The van der Waals surface area contributed by atoms with Crippen LogP contribution in [0, 0.1) is 0 Å². The summed E-state index contributed by atoms with van der Waals surface area (Å²) in [6, 6.07) is 15.0. The van der Waals surface area contributed by atoms with E-state index in [2.05, 4.69) is 16.3 Å². The molecule has 0 bridgehead atoms. The minimum absolute atomic E-state index is 0.154. The Balaban J connectivity index is 1.71. The number of nitrogens with zero attached hydrogens (tertiary/aromatic N) is 1. The summed E-state index contributed by atoms with van der Waals surface area (Å²) in [5.74, 6) is 0.362. The Morgan fingerprint density at radius 3 is 2.76 bits per heavy atom. The standard InChI is InChI=1S/C19H20N2O3S/c1-2-24-19(23)14-7-3-4-8-15(14)20-18(22)13-21-11-12-25-17-10-6-5-9-16(17)21/h3-10H,2,11-13H2,1H3,(H,20,22). The van der Waals surface area contributed by atoms with Crippen LogP contribution in [0.2, 0.25) is 0 Å². The third-order valence-electron chi connectivity index (χ3n) is 3.86. The lowest BCUT2D eigenvalue weighted by molar-refractivity contribution is -0.115. The molecule has 0 aliphatic carbocycles. The molecule has 0 radical (unpaired) electrons. The monoisotopic (exact) mass is 356 g/mol. The molecule has 1 amide bonds. The van der Waals surface area contributed by atoms with Crippen LogP contribution in [0.4, 0.5) is 11.4 Å². The fourth-order valence-electron chi connectivity index (χ4n) is 2.73. The number of hydrogen-bond donors (Lipinski definition) is 1. The molecule has 0 saturated carbocycles. The van der Waals surface area contributed by atoms with Crippen molar-refractivity contribution >= 4 is 35.0 Å². The van der Waals surface area contributed by atoms with Crippen LogP contribution in [0.25, 0.3) is 0 Å². The van der Waals surface area contributed by atoms with E-state index < -0.39 is 5.97 Å². The third-order valence-corrected chi connectivity index (χ3v) is 4.90. The first-order chi connectivity index (χ1) is 12.2. The Morgan fingerprint density at radius 2 is 1.92 bits per heavy atom. The number of benzene rings is 2. The number of thioether (sulfide) groups is 1. The highest BCUT2D eigenvalue weighted by Gasteiger charge is 2.20. The van der Waals surface area contributed by atoms with Crippen LogP contribution in [-0.2, 0) is 9.53 Å². The van der Waals surface area contributed by atoms with Crippen molar-refractivity contribution in [3.8, 4) is 0 Å². The van der Waals surface area contributed by atoms with Crippen molar-refractivity contribution in [3.05, 3.63) is 54.1 Å². The summed E-state index contributed by atoms with van der Waals surface area (Å²) in [4.78, 5) is 27.8. The summed E-state index contributed by atoms with van der Waals surface area (Å²) in [5.41, 5.74) is 1.92. The number of hydrogen-bond acceptors (Lipinski definition) is 5. The van der Waals surface area contributed by atoms with Gasteiger partial charge in [-0.2, -0.15) is 0 Å². The molecule has 130 valence electrons. The number of carbonyl (C=O) groups is 2. The summed E-state index contributed by atoms with van der Waals surface area (Å²) >= 11 is 1.80. The molecular weight excluding hydrogens is 336 g/mol. The van der Waals surface area contributed by atoms with Gasteiger partial charge in [-0.3, -0.25) is 4.79 Å². The second kappa shape index (κ2) is 8.07. The van der Waals surface area contributed by atoms with Crippen LogP contribution in [-0.4, -0.2) is 37.3 Å². The van der Waals surface area contributed by atoms with Gasteiger partial charge in [-0.25, -0.2) is 4.79 Å². The van der Waals surface area contributed by atoms with E-state index in [0.29, 0.717) is 17.9 Å². The summed E-state index contributed by atoms with van der Waals surface area (Å²) in [5, 5.41) is 2.84. The molecule has 1 aliphatic rings. The molecule has 0 unspecified atom stereocenters. The number of esters is 1. The van der Waals surface area contributed by atoms with Crippen LogP contribution >= 0.6 is 11.8 Å². The Labute approximate surface area is 151 Å². The van der Waals surface area contributed by atoms with Gasteiger partial charge in [-0.1, -0.05) is 24.3 Å². The summed E-state index contributed by atoms with van der Waals surface area (Å²) in [7, 11) is 0. The summed E-state index contributed by atoms with van der Waals surface area (Å²) in [6.45, 7) is 3.11. The minimum atomic E-state index is -0.432. The van der Waals surface area contributed by atoms with E-state index in [1.165, 1.54) is 4.90 Å². The van der Waals surface area contributed by atoms with Crippen molar-refractivity contribution in [2.75, 3.05) is 35.7 Å². The zero-order chi connectivity index (χ0) is 17.6. The van der Waals surface area contributed by atoms with E-state index in [1.54, 1.807) is 43.0 Å². The number of para-hydroxylation sites is 2. The number of carbonyl (C=O) groups excluding carboxylic acids is 2. The Kier molecular flexibility index (Phi) is 5.60. The molecule has 2 aromatic carbocycles. The van der Waals surface area contributed by atoms with Gasteiger partial charge in [-0.05, 0) is 31.2 Å². The topological polar surface area (TPSA) is 58.6 Å². The van der Waals surface area contributed by atoms with Gasteiger partial charge in [0.25, 0.3) is 0 Å². The highest BCUT2D eigenvalue weighted by atomic mass is 32.2. The number of amides is 1. The molecule has 0 spiro atoms. The molecule has 1 N–H and O–H groups in total. The number of ether oxygens (including phenoxy) is 1. The van der Waals surface area contributed by atoms with E-state index in [1.807, 2.05) is 18.2 Å². The normalized spacial score (nSPS) is 13.1. The van der Waals surface area contributed by atoms with Crippen molar-refractivity contribution in [2.24, 2.45) is 0 Å².